The molecule has 1 aliphatic heterocycles. The van der Waals surface area contributed by atoms with Gasteiger partial charge in [-0.2, -0.15) is 4.99 Å². The minimum absolute atomic E-state index is 0.0977. The molecule has 8 heteroatoms. The van der Waals surface area contributed by atoms with Gasteiger partial charge < -0.3 is 5.32 Å². The van der Waals surface area contributed by atoms with Crippen molar-refractivity contribution in [1.82, 2.24) is 9.88 Å². The van der Waals surface area contributed by atoms with Gasteiger partial charge in [0.1, 0.15) is 5.25 Å². The smallest absolute Gasteiger partial charge is 0.242 e. The van der Waals surface area contributed by atoms with E-state index in [9.17, 15) is 9.59 Å². The summed E-state index contributed by atoms with van der Waals surface area (Å²) in [6.07, 6.45) is 0.0977. The predicted octanol–water partition coefficient (Wildman–Crippen LogP) is 4.50. The maximum absolute atomic E-state index is 12.6. The quantitative estimate of drug-likeness (QED) is 0.669. The van der Waals surface area contributed by atoms with Crippen LogP contribution in [0.4, 0.5) is 10.8 Å². The third-order valence-corrected chi connectivity index (χ3v) is 6.89. The van der Waals surface area contributed by atoms with Crippen LogP contribution < -0.4 is 5.32 Å². The van der Waals surface area contributed by atoms with E-state index < -0.39 is 5.25 Å². The molecule has 148 valence electrons. The average molecular weight is 425 g/mol. The molecule has 1 N–H and O–H groups in total. The molecule has 0 radical (unpaired) electrons. The average Bonchev–Trinajstić information content (AvgIpc) is 3.21. The zero-order valence-electron chi connectivity index (χ0n) is 16.3. The molecule has 0 aliphatic carbocycles. The van der Waals surface area contributed by atoms with Gasteiger partial charge in [0, 0.05) is 19.2 Å². The molecule has 2 aromatic carbocycles. The van der Waals surface area contributed by atoms with E-state index in [1.807, 2.05) is 56.3 Å². The number of rotatable bonds is 4. The summed E-state index contributed by atoms with van der Waals surface area (Å²) in [6, 6.07) is 13.7. The number of aliphatic imine (C=N–C) groups is 1. The van der Waals surface area contributed by atoms with E-state index in [0.29, 0.717) is 10.3 Å². The molecular formula is C21H20N4O2S2. The van der Waals surface area contributed by atoms with E-state index >= 15 is 0 Å². The van der Waals surface area contributed by atoms with Crippen molar-refractivity contribution in [1.29, 1.82) is 0 Å². The van der Waals surface area contributed by atoms with E-state index in [0.717, 1.165) is 27.0 Å². The van der Waals surface area contributed by atoms with E-state index in [2.05, 4.69) is 15.3 Å². The fourth-order valence-electron chi connectivity index (χ4n) is 3.16. The second-order valence-electron chi connectivity index (χ2n) is 6.88. The highest BCUT2D eigenvalue weighted by atomic mass is 32.2. The fourth-order valence-corrected chi connectivity index (χ4v) is 5.19. The van der Waals surface area contributed by atoms with Crippen molar-refractivity contribution in [2.75, 3.05) is 12.4 Å². The molecule has 4 rings (SSSR count). The predicted molar refractivity (Wildman–Crippen MR) is 120 cm³/mol. The Balaban J connectivity index is 1.48. The van der Waals surface area contributed by atoms with Crippen LogP contribution in [0.5, 0.6) is 0 Å². The van der Waals surface area contributed by atoms with Crippen molar-refractivity contribution in [2.45, 2.75) is 25.5 Å². The van der Waals surface area contributed by atoms with E-state index in [-0.39, 0.29) is 18.2 Å². The van der Waals surface area contributed by atoms with Gasteiger partial charge in [0.05, 0.1) is 10.2 Å². The number of hydrogen-bond acceptors (Lipinski definition) is 6. The zero-order chi connectivity index (χ0) is 20.5. The van der Waals surface area contributed by atoms with E-state index in [1.165, 1.54) is 28.0 Å². The number of fused-ring (bicyclic) bond motifs is 1. The number of thiazole rings is 1. The Labute approximate surface area is 177 Å². The van der Waals surface area contributed by atoms with Crippen molar-refractivity contribution in [2.24, 2.45) is 4.99 Å². The van der Waals surface area contributed by atoms with Crippen molar-refractivity contribution in [3.63, 3.8) is 0 Å². The molecular weight excluding hydrogens is 404 g/mol. The second-order valence-corrected chi connectivity index (χ2v) is 9.06. The summed E-state index contributed by atoms with van der Waals surface area (Å²) in [4.78, 5) is 35.8. The van der Waals surface area contributed by atoms with E-state index in [1.54, 1.807) is 7.05 Å². The number of nitrogens with zero attached hydrogens (tertiary/aromatic N) is 3. The van der Waals surface area contributed by atoms with E-state index in [4.69, 9.17) is 0 Å². The zero-order valence-corrected chi connectivity index (χ0v) is 17.9. The number of amidine groups is 1. The van der Waals surface area contributed by atoms with Gasteiger partial charge in [-0.3, -0.25) is 14.5 Å². The molecule has 29 heavy (non-hydrogen) atoms. The summed E-state index contributed by atoms with van der Waals surface area (Å²) in [5.41, 5.74) is 3.70. The lowest BCUT2D eigenvalue weighted by molar-refractivity contribution is -0.127. The van der Waals surface area contributed by atoms with Gasteiger partial charge in [-0.05, 0) is 37.1 Å². The van der Waals surface area contributed by atoms with Crippen molar-refractivity contribution in [3.8, 4) is 0 Å². The highest BCUT2D eigenvalue weighted by Crippen LogP contribution is 2.34. The van der Waals surface area contributed by atoms with Crippen molar-refractivity contribution in [3.05, 3.63) is 53.6 Å². The van der Waals surface area contributed by atoms with Gasteiger partial charge in [0.2, 0.25) is 16.9 Å². The summed E-state index contributed by atoms with van der Waals surface area (Å²) >= 11 is 2.79. The molecule has 3 aromatic rings. The normalized spacial score (nSPS) is 18.0. The second kappa shape index (κ2) is 7.96. The number of aryl methyl sites for hydroxylation is 2. The molecule has 0 bridgehead atoms. The van der Waals surface area contributed by atoms with Gasteiger partial charge in [-0.25, -0.2) is 4.98 Å². The van der Waals surface area contributed by atoms with Crippen LogP contribution in [0.15, 0.2) is 47.5 Å². The number of aromatic nitrogens is 1. The van der Waals surface area contributed by atoms with Gasteiger partial charge in [0.25, 0.3) is 0 Å². The first-order chi connectivity index (χ1) is 13.9. The molecule has 6 nitrogen and oxygen atoms in total. The monoisotopic (exact) mass is 424 g/mol. The Morgan fingerprint density at radius 1 is 1.17 bits per heavy atom. The van der Waals surface area contributed by atoms with Gasteiger partial charge in [0.15, 0.2) is 5.17 Å². The summed E-state index contributed by atoms with van der Waals surface area (Å²) in [5.74, 6) is -0.297. The Morgan fingerprint density at radius 2 is 1.90 bits per heavy atom. The van der Waals surface area contributed by atoms with Crippen LogP contribution in [-0.4, -0.2) is 39.2 Å². The fraction of sp³-hybridized carbons (Fsp3) is 0.238. The largest absolute Gasteiger partial charge is 0.326 e. The maximum atomic E-state index is 12.6. The number of para-hydroxylation sites is 2. The molecule has 1 atom stereocenters. The molecule has 1 aromatic heterocycles. The van der Waals surface area contributed by atoms with Crippen LogP contribution in [0, 0.1) is 13.8 Å². The number of carbonyl (C=O) groups excluding carboxylic acids is 2. The highest BCUT2D eigenvalue weighted by molar-refractivity contribution is 8.15. The summed E-state index contributed by atoms with van der Waals surface area (Å²) in [5, 5.41) is 3.64. The number of anilines is 1. The number of benzene rings is 2. The lowest BCUT2D eigenvalue weighted by Gasteiger charge is -2.12. The van der Waals surface area contributed by atoms with Gasteiger partial charge >= 0.3 is 0 Å². The minimum Gasteiger partial charge on any atom is -0.326 e. The van der Waals surface area contributed by atoms with Crippen LogP contribution in [0.25, 0.3) is 10.2 Å². The summed E-state index contributed by atoms with van der Waals surface area (Å²) in [6.45, 7) is 3.91. The van der Waals surface area contributed by atoms with Gasteiger partial charge in [-0.1, -0.05) is 53.4 Å². The molecule has 2 heterocycles. The number of nitrogens with one attached hydrogen (secondary N) is 1. The van der Waals surface area contributed by atoms with Crippen LogP contribution in [0.1, 0.15) is 17.5 Å². The van der Waals surface area contributed by atoms with Crippen LogP contribution in [-0.2, 0) is 9.59 Å². The molecule has 1 saturated heterocycles. The van der Waals surface area contributed by atoms with Crippen LogP contribution in [0.3, 0.4) is 0 Å². The number of hydrogen-bond donors (Lipinski definition) is 1. The SMILES string of the molecule is Cc1cccc(C)c1NC(=O)CC1S/C(=N/c2nc3ccccc3s2)N(C)C1=O. The van der Waals surface area contributed by atoms with Crippen molar-refractivity contribution < 1.29 is 9.59 Å². The summed E-state index contributed by atoms with van der Waals surface area (Å²) in [7, 11) is 1.69. The van der Waals surface area contributed by atoms with Crippen LogP contribution in [0.2, 0.25) is 0 Å². The van der Waals surface area contributed by atoms with Crippen molar-refractivity contribution >= 4 is 61.1 Å². The first kappa shape index (κ1) is 19.6. The highest BCUT2D eigenvalue weighted by Gasteiger charge is 2.37. The standard InChI is InChI=1S/C21H20N4O2S2/c1-12-7-6-8-13(2)18(12)23-17(26)11-16-19(27)25(3)21(29-16)24-20-22-14-9-4-5-10-15(14)28-20/h4-10,16H,11H2,1-3H3,(H,23,26)/b24-21+. The molecule has 1 fully saturated rings. The molecule has 0 saturated carbocycles. The first-order valence-electron chi connectivity index (χ1n) is 9.17. The third-order valence-electron chi connectivity index (χ3n) is 4.73. The summed E-state index contributed by atoms with van der Waals surface area (Å²) < 4.78 is 1.05. The number of carbonyl (C=O) groups is 2. The number of thioether (sulfide) groups is 1. The lowest BCUT2D eigenvalue weighted by Crippen LogP contribution is -2.30. The van der Waals surface area contributed by atoms with Gasteiger partial charge in [-0.15, -0.1) is 0 Å². The molecule has 2 amide bonds. The molecule has 1 aliphatic rings. The molecule has 1 unspecified atom stereocenters. The Morgan fingerprint density at radius 3 is 2.62 bits per heavy atom. The Hall–Kier alpha value is -2.71. The van der Waals surface area contributed by atoms with Crippen LogP contribution >= 0.6 is 23.1 Å². The topological polar surface area (TPSA) is 74.7 Å². The maximum Gasteiger partial charge on any atom is 0.242 e. The number of amides is 2. The Kier molecular flexibility index (Phi) is 5.38. The molecule has 0 spiro atoms. The minimum atomic E-state index is -0.488. The third kappa shape index (κ3) is 4.04. The Bertz CT molecular complexity index is 1090. The first-order valence-corrected chi connectivity index (χ1v) is 10.9. The lowest BCUT2D eigenvalue weighted by atomic mass is 10.1.